The van der Waals surface area contributed by atoms with Gasteiger partial charge in [0.1, 0.15) is 0 Å². The third kappa shape index (κ3) is 4.32. The molecule has 0 amide bonds. The van der Waals surface area contributed by atoms with Crippen LogP contribution in [-0.2, 0) is 44.9 Å². The predicted molar refractivity (Wildman–Crippen MR) is 126 cm³/mol. The van der Waals surface area contributed by atoms with Crippen LogP contribution in [0, 0.1) is 17.8 Å². The highest BCUT2D eigenvalue weighted by molar-refractivity contribution is 5.40. The molecule has 2 aromatic rings. The van der Waals surface area contributed by atoms with E-state index in [1.807, 2.05) is 0 Å². The molecule has 0 heteroatoms. The minimum Gasteiger partial charge on any atom is -0.0622 e. The molecule has 0 radical (unpaired) electrons. The quantitative estimate of drug-likeness (QED) is 0.466. The highest BCUT2D eigenvalue weighted by atomic mass is 14.4. The fourth-order valence-corrected chi connectivity index (χ4v) is 6.39. The van der Waals surface area contributed by atoms with Crippen LogP contribution in [0.15, 0.2) is 30.3 Å². The number of fused-ring (bicyclic) bond motifs is 1. The molecule has 0 heterocycles. The largest absolute Gasteiger partial charge is 0.0622 e. The van der Waals surface area contributed by atoms with Crippen molar-refractivity contribution in [2.75, 3.05) is 0 Å². The Morgan fingerprint density at radius 1 is 0.759 bits per heavy atom. The number of hydrogen-bond donors (Lipinski definition) is 0. The van der Waals surface area contributed by atoms with Gasteiger partial charge in [0.25, 0.3) is 0 Å². The average Bonchev–Trinajstić information content (AvgIpc) is 3.34. The van der Waals surface area contributed by atoms with Gasteiger partial charge in [0, 0.05) is 0 Å². The van der Waals surface area contributed by atoms with Crippen molar-refractivity contribution < 1.29 is 0 Å². The van der Waals surface area contributed by atoms with Crippen molar-refractivity contribution >= 4 is 0 Å². The lowest BCUT2D eigenvalue weighted by Crippen LogP contribution is -2.19. The molecule has 0 saturated heterocycles. The minimum absolute atomic E-state index is 0.838. The normalized spacial score (nSPS) is 23.5. The summed E-state index contributed by atoms with van der Waals surface area (Å²) in [6.07, 6.45) is 12.9. The predicted octanol–water partition coefficient (Wildman–Crippen LogP) is 7.31. The molecule has 0 bridgehead atoms. The van der Waals surface area contributed by atoms with Gasteiger partial charge in [-0.15, -0.1) is 0 Å². The van der Waals surface area contributed by atoms with E-state index in [4.69, 9.17) is 0 Å². The molecule has 2 aliphatic rings. The van der Waals surface area contributed by atoms with E-state index >= 15 is 0 Å². The SMILES string of the molecule is CCc1cc(CC2C(C)CCC2Cc2ccc3c(c2)CCC3)cc(CC)c1CC. The number of hydrogen-bond acceptors (Lipinski definition) is 0. The summed E-state index contributed by atoms with van der Waals surface area (Å²) in [4.78, 5) is 0. The lowest BCUT2D eigenvalue weighted by Gasteiger charge is -2.25. The number of rotatable bonds is 7. The van der Waals surface area contributed by atoms with Gasteiger partial charge in [0.05, 0.1) is 0 Å². The summed E-state index contributed by atoms with van der Waals surface area (Å²) in [5.74, 6) is 2.55. The van der Waals surface area contributed by atoms with Gasteiger partial charge in [-0.05, 0) is 114 Å². The van der Waals surface area contributed by atoms with E-state index in [1.165, 1.54) is 64.2 Å². The van der Waals surface area contributed by atoms with E-state index in [0.29, 0.717) is 0 Å². The lowest BCUT2D eigenvalue weighted by atomic mass is 9.80. The van der Waals surface area contributed by atoms with Crippen molar-refractivity contribution in [2.45, 2.75) is 91.9 Å². The molecule has 0 aromatic heterocycles. The Morgan fingerprint density at radius 2 is 1.48 bits per heavy atom. The van der Waals surface area contributed by atoms with Crippen LogP contribution in [0.25, 0.3) is 0 Å². The molecule has 1 fully saturated rings. The third-order valence-corrected chi connectivity index (χ3v) is 8.07. The molecule has 3 unspecified atom stereocenters. The van der Waals surface area contributed by atoms with Gasteiger partial charge >= 0.3 is 0 Å². The second-order valence-electron chi connectivity index (χ2n) is 9.80. The molecule has 0 aliphatic heterocycles. The van der Waals surface area contributed by atoms with Crippen LogP contribution in [0.5, 0.6) is 0 Å². The van der Waals surface area contributed by atoms with E-state index in [-0.39, 0.29) is 0 Å². The first-order chi connectivity index (χ1) is 14.1. The van der Waals surface area contributed by atoms with Crippen LogP contribution < -0.4 is 0 Å². The van der Waals surface area contributed by atoms with Crippen LogP contribution in [0.4, 0.5) is 0 Å². The third-order valence-electron chi connectivity index (χ3n) is 8.07. The summed E-state index contributed by atoms with van der Waals surface area (Å²) >= 11 is 0. The van der Waals surface area contributed by atoms with Crippen LogP contribution in [0.3, 0.4) is 0 Å². The maximum absolute atomic E-state index is 2.55. The van der Waals surface area contributed by atoms with Gasteiger partial charge in [-0.25, -0.2) is 0 Å². The van der Waals surface area contributed by atoms with Gasteiger partial charge in [-0.1, -0.05) is 64.4 Å². The molecule has 0 nitrogen and oxygen atoms in total. The fourth-order valence-electron chi connectivity index (χ4n) is 6.39. The summed E-state index contributed by atoms with van der Waals surface area (Å²) < 4.78 is 0. The van der Waals surface area contributed by atoms with E-state index in [9.17, 15) is 0 Å². The molecule has 156 valence electrons. The minimum atomic E-state index is 0.838. The summed E-state index contributed by atoms with van der Waals surface area (Å²) in [5, 5.41) is 0. The zero-order chi connectivity index (χ0) is 20.4. The standard InChI is InChI=1S/C29H40/c1-5-23-17-22(18-24(6-2)28(23)7-3)19-29-20(4)11-13-27(29)16-21-12-14-25-9-8-10-26(25)15-21/h12,14-15,17-18,20,27,29H,5-11,13,16,19H2,1-4H3. The summed E-state index contributed by atoms with van der Waals surface area (Å²) in [7, 11) is 0. The summed E-state index contributed by atoms with van der Waals surface area (Å²) in [5.41, 5.74) is 11.3. The van der Waals surface area contributed by atoms with Gasteiger partial charge < -0.3 is 0 Å². The first-order valence-corrected chi connectivity index (χ1v) is 12.4. The van der Waals surface area contributed by atoms with Gasteiger partial charge in [0.15, 0.2) is 0 Å². The molecule has 3 atom stereocenters. The molecule has 2 aromatic carbocycles. The van der Waals surface area contributed by atoms with E-state index in [0.717, 1.165) is 17.8 Å². The maximum Gasteiger partial charge on any atom is -0.0245 e. The first-order valence-electron chi connectivity index (χ1n) is 12.4. The topological polar surface area (TPSA) is 0 Å². The Bertz CT molecular complexity index is 818. The van der Waals surface area contributed by atoms with Crippen molar-refractivity contribution in [2.24, 2.45) is 17.8 Å². The van der Waals surface area contributed by atoms with Crippen molar-refractivity contribution in [3.63, 3.8) is 0 Å². The Kier molecular flexibility index (Phi) is 6.47. The van der Waals surface area contributed by atoms with Crippen LogP contribution >= 0.6 is 0 Å². The average molecular weight is 389 g/mol. The zero-order valence-corrected chi connectivity index (χ0v) is 19.2. The van der Waals surface area contributed by atoms with Crippen LogP contribution in [0.1, 0.15) is 85.9 Å². The second-order valence-corrected chi connectivity index (χ2v) is 9.80. The molecular weight excluding hydrogens is 348 g/mol. The van der Waals surface area contributed by atoms with Crippen LogP contribution in [-0.4, -0.2) is 0 Å². The number of benzene rings is 2. The summed E-state index contributed by atoms with van der Waals surface area (Å²) in [6, 6.07) is 12.5. The van der Waals surface area contributed by atoms with E-state index < -0.39 is 0 Å². The molecular formula is C29H40. The van der Waals surface area contributed by atoms with Gasteiger partial charge in [-0.2, -0.15) is 0 Å². The van der Waals surface area contributed by atoms with E-state index in [1.54, 1.807) is 38.9 Å². The maximum atomic E-state index is 2.55. The smallest absolute Gasteiger partial charge is 0.0245 e. The molecule has 29 heavy (non-hydrogen) atoms. The Balaban J connectivity index is 1.53. The monoisotopic (exact) mass is 388 g/mol. The Morgan fingerprint density at radius 3 is 2.17 bits per heavy atom. The first kappa shape index (κ1) is 20.7. The van der Waals surface area contributed by atoms with Gasteiger partial charge in [0.2, 0.25) is 0 Å². The van der Waals surface area contributed by atoms with Crippen molar-refractivity contribution in [1.29, 1.82) is 0 Å². The van der Waals surface area contributed by atoms with Crippen LogP contribution in [0.2, 0.25) is 0 Å². The summed E-state index contributed by atoms with van der Waals surface area (Å²) in [6.45, 7) is 9.48. The zero-order valence-electron chi connectivity index (χ0n) is 19.2. The Labute approximate surface area is 179 Å². The van der Waals surface area contributed by atoms with Crippen molar-refractivity contribution in [1.82, 2.24) is 0 Å². The molecule has 0 spiro atoms. The highest BCUT2D eigenvalue weighted by Crippen LogP contribution is 2.41. The van der Waals surface area contributed by atoms with E-state index in [2.05, 4.69) is 58.0 Å². The molecule has 1 saturated carbocycles. The molecule has 2 aliphatic carbocycles. The lowest BCUT2D eigenvalue weighted by molar-refractivity contribution is 0.323. The fraction of sp³-hybridized carbons (Fsp3) is 0.586. The van der Waals surface area contributed by atoms with Crippen molar-refractivity contribution in [3.05, 3.63) is 69.3 Å². The Hall–Kier alpha value is -1.56. The molecule has 0 N–H and O–H groups in total. The second kappa shape index (κ2) is 9.07. The number of aryl methyl sites for hydroxylation is 4. The highest BCUT2D eigenvalue weighted by Gasteiger charge is 2.33. The van der Waals surface area contributed by atoms with Gasteiger partial charge in [-0.3, -0.25) is 0 Å². The van der Waals surface area contributed by atoms with Crippen molar-refractivity contribution in [3.8, 4) is 0 Å². The molecule has 4 rings (SSSR count).